The summed E-state index contributed by atoms with van der Waals surface area (Å²) in [6.07, 6.45) is 0. The van der Waals surface area contributed by atoms with Crippen LogP contribution in [0.25, 0.3) is 0 Å². The molecule has 1 N–H and O–H groups in total. The fraction of sp³-hybridized carbons (Fsp3) is 0.200. The summed E-state index contributed by atoms with van der Waals surface area (Å²) in [7, 11) is 0. The third-order valence-electron chi connectivity index (χ3n) is 2.05. The van der Waals surface area contributed by atoms with E-state index in [4.69, 9.17) is 0 Å². The lowest BCUT2D eigenvalue weighted by Gasteiger charge is -2.12. The molecule has 0 spiro atoms. The van der Waals surface area contributed by atoms with Gasteiger partial charge in [0.1, 0.15) is 11.3 Å². The van der Waals surface area contributed by atoms with Crippen molar-refractivity contribution in [2.75, 3.05) is 5.32 Å². The summed E-state index contributed by atoms with van der Waals surface area (Å²) >= 11 is 1.42. The Morgan fingerprint density at radius 3 is 3.00 bits per heavy atom. The summed E-state index contributed by atoms with van der Waals surface area (Å²) in [5.74, 6) is -0.224. The minimum absolute atomic E-state index is 0.0219. The van der Waals surface area contributed by atoms with E-state index in [9.17, 15) is 4.39 Å². The molecule has 1 atom stereocenters. The molecule has 1 unspecified atom stereocenters. The van der Waals surface area contributed by atoms with Crippen LogP contribution in [0.4, 0.5) is 9.52 Å². The van der Waals surface area contributed by atoms with Crippen molar-refractivity contribution in [1.82, 2.24) is 10.2 Å². The van der Waals surface area contributed by atoms with E-state index in [0.717, 1.165) is 10.7 Å². The summed E-state index contributed by atoms with van der Waals surface area (Å²) in [5.41, 5.74) is 2.55. The van der Waals surface area contributed by atoms with E-state index in [1.54, 1.807) is 11.6 Å². The minimum atomic E-state index is -0.224. The molecule has 0 bridgehead atoms. The van der Waals surface area contributed by atoms with Crippen molar-refractivity contribution in [3.63, 3.8) is 0 Å². The maximum atomic E-state index is 13.0. The number of rotatable bonds is 3. The summed E-state index contributed by atoms with van der Waals surface area (Å²) in [5, 5.41) is 11.5. The molecule has 0 amide bonds. The van der Waals surface area contributed by atoms with Gasteiger partial charge in [0.2, 0.25) is 5.13 Å². The van der Waals surface area contributed by atoms with Gasteiger partial charge in [0, 0.05) is 0 Å². The number of benzene rings is 1. The molecule has 0 fully saturated rings. The number of halogens is 1. The van der Waals surface area contributed by atoms with Gasteiger partial charge in [-0.3, -0.25) is 0 Å². The van der Waals surface area contributed by atoms with E-state index in [-0.39, 0.29) is 11.9 Å². The van der Waals surface area contributed by atoms with Crippen molar-refractivity contribution < 1.29 is 4.39 Å². The Bertz CT molecular complexity index is 430. The smallest absolute Gasteiger partial charge is 0.205 e. The molecular weight excluding hydrogens is 213 g/mol. The summed E-state index contributed by atoms with van der Waals surface area (Å²) in [6.45, 7) is 1.95. The largest absolute Gasteiger partial charge is 0.354 e. The first-order chi connectivity index (χ1) is 7.25. The summed E-state index contributed by atoms with van der Waals surface area (Å²) < 4.78 is 13.0. The lowest BCUT2D eigenvalue weighted by molar-refractivity contribution is 0.623. The highest BCUT2D eigenvalue weighted by atomic mass is 32.1. The van der Waals surface area contributed by atoms with Crippen molar-refractivity contribution in [3.8, 4) is 0 Å². The van der Waals surface area contributed by atoms with Gasteiger partial charge in [-0.2, -0.15) is 0 Å². The fourth-order valence-corrected chi connectivity index (χ4v) is 1.81. The third-order valence-corrected chi connectivity index (χ3v) is 2.67. The van der Waals surface area contributed by atoms with E-state index < -0.39 is 0 Å². The second kappa shape index (κ2) is 4.35. The zero-order valence-corrected chi connectivity index (χ0v) is 8.96. The van der Waals surface area contributed by atoms with Crippen LogP contribution in [0, 0.1) is 5.82 Å². The second-order valence-electron chi connectivity index (χ2n) is 3.16. The molecule has 0 saturated carbocycles. The normalized spacial score (nSPS) is 12.4. The Hall–Kier alpha value is -1.49. The van der Waals surface area contributed by atoms with Crippen molar-refractivity contribution in [3.05, 3.63) is 41.2 Å². The van der Waals surface area contributed by atoms with Crippen LogP contribution >= 0.6 is 11.3 Å². The number of nitrogens with zero attached hydrogens (tertiary/aromatic N) is 2. The average molecular weight is 223 g/mol. The molecular formula is C10H10FN3S. The topological polar surface area (TPSA) is 37.8 Å². The molecule has 0 aliphatic heterocycles. The van der Waals surface area contributed by atoms with Crippen molar-refractivity contribution in [1.29, 1.82) is 0 Å². The van der Waals surface area contributed by atoms with Crippen molar-refractivity contribution in [2.24, 2.45) is 0 Å². The molecule has 2 aromatic rings. The van der Waals surface area contributed by atoms with Crippen LogP contribution in [-0.2, 0) is 0 Å². The first kappa shape index (κ1) is 10.0. The van der Waals surface area contributed by atoms with Gasteiger partial charge in [0.05, 0.1) is 6.04 Å². The van der Waals surface area contributed by atoms with E-state index in [2.05, 4.69) is 15.5 Å². The fourth-order valence-electron chi connectivity index (χ4n) is 1.28. The van der Waals surface area contributed by atoms with Gasteiger partial charge in [-0.05, 0) is 24.6 Å². The standard InChI is InChI=1S/C10H10FN3S/c1-7(13-10-14-12-6-15-10)8-3-2-4-9(11)5-8/h2-7H,1H3,(H,13,14). The van der Waals surface area contributed by atoms with Crippen molar-refractivity contribution in [2.45, 2.75) is 13.0 Å². The molecule has 1 aromatic heterocycles. The zero-order valence-electron chi connectivity index (χ0n) is 8.14. The molecule has 2 rings (SSSR count). The van der Waals surface area contributed by atoms with Crippen LogP contribution in [0.3, 0.4) is 0 Å². The molecule has 0 aliphatic carbocycles. The number of anilines is 1. The second-order valence-corrected chi connectivity index (χ2v) is 4.00. The van der Waals surface area contributed by atoms with Crippen LogP contribution in [-0.4, -0.2) is 10.2 Å². The zero-order chi connectivity index (χ0) is 10.7. The van der Waals surface area contributed by atoms with Crippen LogP contribution in [0.1, 0.15) is 18.5 Å². The van der Waals surface area contributed by atoms with E-state index in [0.29, 0.717) is 0 Å². The number of aromatic nitrogens is 2. The Kier molecular flexibility index (Phi) is 2.91. The molecule has 3 nitrogen and oxygen atoms in total. The van der Waals surface area contributed by atoms with Gasteiger partial charge < -0.3 is 5.32 Å². The minimum Gasteiger partial charge on any atom is -0.354 e. The highest BCUT2D eigenvalue weighted by Gasteiger charge is 2.07. The molecule has 1 heterocycles. The highest BCUT2D eigenvalue weighted by Crippen LogP contribution is 2.20. The van der Waals surface area contributed by atoms with Crippen LogP contribution in [0.5, 0.6) is 0 Å². The molecule has 5 heteroatoms. The quantitative estimate of drug-likeness (QED) is 0.869. The Balaban J connectivity index is 2.11. The van der Waals surface area contributed by atoms with Gasteiger partial charge >= 0.3 is 0 Å². The van der Waals surface area contributed by atoms with E-state index in [1.807, 2.05) is 13.0 Å². The average Bonchev–Trinajstić information content (AvgIpc) is 2.70. The van der Waals surface area contributed by atoms with Gasteiger partial charge in [0.15, 0.2) is 0 Å². The molecule has 0 saturated heterocycles. The first-order valence-electron chi connectivity index (χ1n) is 4.54. The Morgan fingerprint density at radius 1 is 1.47 bits per heavy atom. The molecule has 1 aromatic carbocycles. The monoisotopic (exact) mass is 223 g/mol. The van der Waals surface area contributed by atoms with Crippen LogP contribution < -0.4 is 5.32 Å². The number of hydrogen-bond donors (Lipinski definition) is 1. The lowest BCUT2D eigenvalue weighted by Crippen LogP contribution is -2.06. The van der Waals surface area contributed by atoms with Crippen LogP contribution in [0.2, 0.25) is 0 Å². The molecule has 0 aliphatic rings. The highest BCUT2D eigenvalue weighted by molar-refractivity contribution is 7.13. The van der Waals surface area contributed by atoms with Gasteiger partial charge in [-0.1, -0.05) is 23.5 Å². The SMILES string of the molecule is CC(Nc1nncs1)c1cccc(F)c1. The number of nitrogens with one attached hydrogen (secondary N) is 1. The molecule has 15 heavy (non-hydrogen) atoms. The van der Waals surface area contributed by atoms with Crippen molar-refractivity contribution >= 4 is 16.5 Å². The van der Waals surface area contributed by atoms with Gasteiger partial charge in [-0.15, -0.1) is 10.2 Å². The lowest BCUT2D eigenvalue weighted by atomic mass is 10.1. The van der Waals surface area contributed by atoms with E-state index >= 15 is 0 Å². The molecule has 78 valence electrons. The maximum Gasteiger partial charge on any atom is 0.205 e. The summed E-state index contributed by atoms with van der Waals surface area (Å²) in [6, 6.07) is 6.54. The number of hydrogen-bond acceptors (Lipinski definition) is 4. The van der Waals surface area contributed by atoms with Crippen LogP contribution in [0.15, 0.2) is 29.8 Å². The predicted molar refractivity (Wildman–Crippen MR) is 58.3 cm³/mol. The molecule has 0 radical (unpaired) electrons. The Morgan fingerprint density at radius 2 is 2.33 bits per heavy atom. The van der Waals surface area contributed by atoms with Gasteiger partial charge in [-0.25, -0.2) is 4.39 Å². The first-order valence-corrected chi connectivity index (χ1v) is 5.42. The Labute approximate surface area is 91.0 Å². The maximum absolute atomic E-state index is 13.0. The van der Waals surface area contributed by atoms with Gasteiger partial charge in [0.25, 0.3) is 0 Å². The predicted octanol–water partition coefficient (Wildman–Crippen LogP) is 2.85. The summed E-state index contributed by atoms with van der Waals surface area (Å²) in [4.78, 5) is 0. The third kappa shape index (κ3) is 2.50. The van der Waals surface area contributed by atoms with E-state index in [1.165, 1.54) is 23.5 Å².